The summed E-state index contributed by atoms with van der Waals surface area (Å²) < 4.78 is 0. The van der Waals surface area contributed by atoms with Gasteiger partial charge in [-0.3, -0.25) is 4.79 Å². The summed E-state index contributed by atoms with van der Waals surface area (Å²) in [5.41, 5.74) is 0. The normalized spacial score (nSPS) is 11.2. The monoisotopic (exact) mass is 348 g/mol. The molecule has 1 atom stereocenters. The molecular weight excluding hydrogens is 319 g/mol. The van der Waals surface area contributed by atoms with Crippen LogP contribution in [0.2, 0.25) is 0 Å². The van der Waals surface area contributed by atoms with E-state index < -0.39 is 18.6 Å². The van der Waals surface area contributed by atoms with Crippen molar-refractivity contribution in [2.75, 3.05) is 6.54 Å². The first kappa shape index (κ1) is 25.3. The fraction of sp³-hybridized carbons (Fsp3) is 0.824. The Morgan fingerprint density at radius 1 is 1.04 bits per heavy atom. The molecule has 0 heterocycles. The number of hydrogen-bond acceptors (Lipinski definition) is 4. The molecule has 0 saturated heterocycles. The number of carbonyl (C=O) groups excluding carboxylic acids is 2. The zero-order valence-electron chi connectivity index (χ0n) is 15.0. The van der Waals surface area contributed by atoms with Crippen LogP contribution < -0.4 is 56.5 Å². The van der Waals surface area contributed by atoms with Gasteiger partial charge in [-0.05, 0) is 13.3 Å². The molecule has 5 nitrogen and oxygen atoms in total. The topological polar surface area (TPSA) is 84.2 Å². The van der Waals surface area contributed by atoms with Crippen LogP contribution in [0.3, 0.4) is 0 Å². The summed E-state index contributed by atoms with van der Waals surface area (Å²) in [5, 5.41) is 19.5. The summed E-state index contributed by atoms with van der Waals surface area (Å²) in [6, 6.07) is 1.17. The van der Waals surface area contributed by atoms with Gasteiger partial charge in [-0.25, -0.2) is 0 Å². The van der Waals surface area contributed by atoms with Gasteiger partial charge in [-0.15, -0.1) is 0 Å². The molecule has 23 heavy (non-hydrogen) atoms. The molecule has 0 aromatic carbocycles. The fourth-order valence-electron chi connectivity index (χ4n) is 2.38. The molecular formula is C17H29KN2O3. The Morgan fingerprint density at radius 3 is 1.96 bits per heavy atom. The van der Waals surface area contributed by atoms with Crippen LogP contribution in [0.1, 0.15) is 78.1 Å². The van der Waals surface area contributed by atoms with E-state index in [-0.39, 0.29) is 57.3 Å². The predicted octanol–water partition coefficient (Wildman–Crippen LogP) is -0.598. The first-order valence-electron chi connectivity index (χ1n) is 8.41. The zero-order chi connectivity index (χ0) is 16.8. The average molecular weight is 349 g/mol. The molecule has 0 aliphatic rings. The van der Waals surface area contributed by atoms with Gasteiger partial charge in [-0.2, -0.15) is 5.26 Å². The molecule has 0 saturated carbocycles. The minimum absolute atomic E-state index is 0. The van der Waals surface area contributed by atoms with Crippen molar-refractivity contribution in [3.63, 3.8) is 0 Å². The van der Waals surface area contributed by atoms with Crippen LogP contribution in [-0.4, -0.2) is 29.4 Å². The molecule has 0 radical (unpaired) electrons. The van der Waals surface area contributed by atoms with Gasteiger partial charge in [0.2, 0.25) is 5.91 Å². The second kappa shape index (κ2) is 16.9. The van der Waals surface area contributed by atoms with Crippen molar-refractivity contribution >= 4 is 11.9 Å². The molecule has 126 valence electrons. The summed E-state index contributed by atoms with van der Waals surface area (Å²) in [6.45, 7) is 3.22. The van der Waals surface area contributed by atoms with Crippen molar-refractivity contribution in [2.45, 2.75) is 84.1 Å². The van der Waals surface area contributed by atoms with Gasteiger partial charge in [0.05, 0.1) is 18.6 Å². The Bertz CT molecular complexity index is 369. The summed E-state index contributed by atoms with van der Waals surface area (Å²) in [6.07, 6.45) is 10.7. The summed E-state index contributed by atoms with van der Waals surface area (Å²) in [4.78, 5) is 23.7. The molecule has 0 aliphatic carbocycles. The van der Waals surface area contributed by atoms with Crippen LogP contribution >= 0.6 is 0 Å². The zero-order valence-corrected chi connectivity index (χ0v) is 18.1. The van der Waals surface area contributed by atoms with Crippen LogP contribution in [0, 0.1) is 11.3 Å². The van der Waals surface area contributed by atoms with Crippen LogP contribution in [-0.2, 0) is 9.59 Å². The maximum Gasteiger partial charge on any atom is 1.00 e. The SMILES string of the molecule is CCCCCCCCCCCC(=O)N(CC(=O)[O-])C(C)C#N.[K+]. The Kier molecular flexibility index (Phi) is 18.6. The number of amides is 1. The number of carboxylic acid groups (broad SMARTS) is 1. The maximum atomic E-state index is 12.0. The molecule has 0 bridgehead atoms. The molecule has 0 fully saturated rings. The van der Waals surface area contributed by atoms with Crippen LogP contribution in [0.4, 0.5) is 0 Å². The van der Waals surface area contributed by atoms with Gasteiger partial charge in [0.25, 0.3) is 0 Å². The molecule has 0 aromatic heterocycles. The quantitative estimate of drug-likeness (QED) is 0.329. The second-order valence-corrected chi connectivity index (χ2v) is 5.78. The number of aliphatic carboxylic acids is 1. The fourth-order valence-corrected chi connectivity index (χ4v) is 2.38. The van der Waals surface area contributed by atoms with Crippen molar-refractivity contribution in [1.82, 2.24) is 4.90 Å². The standard InChI is InChI=1S/C17H30N2O3.K/c1-3-4-5-6-7-8-9-10-11-12-16(20)19(14-17(21)22)15(2)13-18;/h15H,3-12,14H2,1-2H3,(H,21,22);/q;+1/p-1. The van der Waals surface area contributed by atoms with Crippen molar-refractivity contribution < 1.29 is 66.1 Å². The van der Waals surface area contributed by atoms with Crippen molar-refractivity contribution in [1.29, 1.82) is 5.26 Å². The summed E-state index contributed by atoms with van der Waals surface area (Å²) in [5.74, 6) is -1.61. The minimum atomic E-state index is -1.33. The molecule has 1 amide bonds. The van der Waals surface area contributed by atoms with Crippen molar-refractivity contribution in [3.8, 4) is 6.07 Å². The summed E-state index contributed by atoms with van der Waals surface area (Å²) >= 11 is 0. The van der Waals surface area contributed by atoms with E-state index in [0.29, 0.717) is 6.42 Å². The molecule has 0 rings (SSSR count). The molecule has 0 spiro atoms. The van der Waals surface area contributed by atoms with Crippen LogP contribution in [0.15, 0.2) is 0 Å². The Labute approximate surface area is 183 Å². The van der Waals surface area contributed by atoms with Gasteiger partial charge in [-0.1, -0.05) is 58.3 Å². The van der Waals surface area contributed by atoms with E-state index in [9.17, 15) is 14.7 Å². The largest absolute Gasteiger partial charge is 1.00 e. The molecule has 0 aromatic rings. The maximum absolute atomic E-state index is 12.0. The smallest absolute Gasteiger partial charge is 0.548 e. The van der Waals surface area contributed by atoms with E-state index in [2.05, 4.69) is 6.92 Å². The third-order valence-corrected chi connectivity index (χ3v) is 3.77. The number of nitrogens with zero attached hydrogens (tertiary/aromatic N) is 2. The van der Waals surface area contributed by atoms with E-state index in [1.54, 1.807) is 0 Å². The van der Waals surface area contributed by atoms with Gasteiger partial charge in [0.1, 0.15) is 6.04 Å². The van der Waals surface area contributed by atoms with Gasteiger partial charge >= 0.3 is 51.4 Å². The number of unbranched alkanes of at least 4 members (excludes halogenated alkanes) is 8. The molecule has 0 aliphatic heterocycles. The third kappa shape index (κ3) is 14.1. The van der Waals surface area contributed by atoms with Gasteiger partial charge < -0.3 is 14.8 Å². The Balaban J connectivity index is 0. The number of rotatable bonds is 13. The van der Waals surface area contributed by atoms with Crippen LogP contribution in [0.5, 0.6) is 0 Å². The first-order chi connectivity index (χ1) is 10.5. The van der Waals surface area contributed by atoms with E-state index in [4.69, 9.17) is 5.26 Å². The van der Waals surface area contributed by atoms with E-state index >= 15 is 0 Å². The molecule has 1 unspecified atom stereocenters. The van der Waals surface area contributed by atoms with E-state index in [1.165, 1.54) is 45.4 Å². The summed E-state index contributed by atoms with van der Waals surface area (Å²) in [7, 11) is 0. The Hall–Kier alpha value is 0.0664. The number of nitriles is 1. The van der Waals surface area contributed by atoms with E-state index in [1.807, 2.05) is 6.07 Å². The second-order valence-electron chi connectivity index (χ2n) is 5.78. The number of hydrogen-bond donors (Lipinski definition) is 0. The van der Waals surface area contributed by atoms with Crippen molar-refractivity contribution in [3.05, 3.63) is 0 Å². The minimum Gasteiger partial charge on any atom is -0.548 e. The van der Waals surface area contributed by atoms with Gasteiger partial charge in [0, 0.05) is 6.42 Å². The van der Waals surface area contributed by atoms with E-state index in [0.717, 1.165) is 24.2 Å². The number of carboxylic acids is 1. The molecule has 0 N–H and O–H groups in total. The molecule has 6 heteroatoms. The van der Waals surface area contributed by atoms with Crippen LogP contribution in [0.25, 0.3) is 0 Å². The van der Waals surface area contributed by atoms with Gasteiger partial charge in [0.15, 0.2) is 0 Å². The first-order valence-corrected chi connectivity index (χ1v) is 8.41. The third-order valence-electron chi connectivity index (χ3n) is 3.77. The van der Waals surface area contributed by atoms with Crippen molar-refractivity contribution in [2.24, 2.45) is 0 Å². The average Bonchev–Trinajstić information content (AvgIpc) is 2.49. The predicted molar refractivity (Wildman–Crippen MR) is 83.6 cm³/mol. The Morgan fingerprint density at radius 2 is 1.52 bits per heavy atom. The number of carbonyl (C=O) groups is 2.